The molecule has 1 rings (SSSR count). The van der Waals surface area contributed by atoms with E-state index in [9.17, 15) is 4.39 Å². The predicted molar refractivity (Wildman–Crippen MR) is 46.7 cm³/mol. The van der Waals surface area contributed by atoms with Gasteiger partial charge in [0.2, 0.25) is 0 Å². The van der Waals surface area contributed by atoms with Crippen LogP contribution in [-0.2, 0) is 6.54 Å². The van der Waals surface area contributed by atoms with Crippen molar-refractivity contribution >= 4 is 0 Å². The first-order valence-electron chi connectivity index (χ1n) is 4.02. The van der Waals surface area contributed by atoms with Crippen LogP contribution in [0.25, 0.3) is 0 Å². The zero-order valence-electron chi connectivity index (χ0n) is 7.18. The fourth-order valence-electron chi connectivity index (χ4n) is 0.977. The Labute approximate surface area is 71.8 Å². The Morgan fingerprint density at radius 3 is 3.08 bits per heavy atom. The van der Waals surface area contributed by atoms with E-state index in [2.05, 4.69) is 10.3 Å². The van der Waals surface area contributed by atoms with Crippen LogP contribution in [0.1, 0.15) is 11.3 Å². The van der Waals surface area contributed by atoms with Crippen molar-refractivity contribution < 1.29 is 4.39 Å². The van der Waals surface area contributed by atoms with Crippen LogP contribution in [-0.4, -0.2) is 18.2 Å². The number of pyridine rings is 1. The quantitative estimate of drug-likeness (QED) is 0.688. The van der Waals surface area contributed by atoms with E-state index in [1.54, 1.807) is 6.20 Å². The fourth-order valence-corrected chi connectivity index (χ4v) is 0.977. The molecule has 2 nitrogen and oxygen atoms in total. The number of rotatable bonds is 4. The Balaban J connectivity index is 2.46. The van der Waals surface area contributed by atoms with Gasteiger partial charge < -0.3 is 5.32 Å². The number of hydrogen-bond acceptors (Lipinski definition) is 2. The molecule has 1 aromatic rings. The molecule has 0 amide bonds. The molecule has 1 N–H and O–H groups in total. The summed E-state index contributed by atoms with van der Waals surface area (Å²) in [5, 5.41) is 2.95. The molecule has 0 atom stereocenters. The first-order chi connectivity index (χ1) is 5.84. The first-order valence-corrected chi connectivity index (χ1v) is 4.02. The summed E-state index contributed by atoms with van der Waals surface area (Å²) >= 11 is 0. The van der Waals surface area contributed by atoms with Gasteiger partial charge in [0.15, 0.2) is 0 Å². The summed E-state index contributed by atoms with van der Waals surface area (Å²) in [5.41, 5.74) is 2.13. The van der Waals surface area contributed by atoms with E-state index in [0.717, 1.165) is 11.3 Å². The highest BCUT2D eigenvalue weighted by molar-refractivity contribution is 5.17. The van der Waals surface area contributed by atoms with E-state index in [-0.39, 0.29) is 6.67 Å². The molecule has 1 aromatic heterocycles. The van der Waals surface area contributed by atoms with Crippen LogP contribution < -0.4 is 5.32 Å². The first kappa shape index (κ1) is 9.13. The highest BCUT2D eigenvalue weighted by atomic mass is 19.1. The number of halogens is 1. The smallest absolute Gasteiger partial charge is 0.102 e. The molecule has 0 saturated heterocycles. The molecule has 1 heterocycles. The predicted octanol–water partition coefficient (Wildman–Crippen LogP) is 1.45. The van der Waals surface area contributed by atoms with Gasteiger partial charge in [-0.1, -0.05) is 6.07 Å². The molecule has 0 aliphatic heterocycles. The molecule has 0 aliphatic carbocycles. The minimum Gasteiger partial charge on any atom is -0.309 e. The van der Waals surface area contributed by atoms with Crippen molar-refractivity contribution in [1.29, 1.82) is 0 Å². The Kier molecular flexibility index (Phi) is 3.67. The molecule has 0 saturated carbocycles. The van der Waals surface area contributed by atoms with Gasteiger partial charge >= 0.3 is 0 Å². The van der Waals surface area contributed by atoms with Crippen molar-refractivity contribution in [2.45, 2.75) is 13.5 Å². The molecule has 0 aromatic carbocycles. The van der Waals surface area contributed by atoms with E-state index in [0.29, 0.717) is 13.1 Å². The van der Waals surface area contributed by atoms with E-state index in [1.807, 2.05) is 19.1 Å². The summed E-state index contributed by atoms with van der Waals surface area (Å²) in [6.45, 7) is 2.72. The van der Waals surface area contributed by atoms with Crippen LogP contribution >= 0.6 is 0 Å². The van der Waals surface area contributed by atoms with Gasteiger partial charge in [-0.2, -0.15) is 0 Å². The maximum absolute atomic E-state index is 11.7. The fraction of sp³-hybridized carbons (Fsp3) is 0.444. The van der Waals surface area contributed by atoms with Crippen LogP contribution in [0.15, 0.2) is 18.3 Å². The second-order valence-electron chi connectivity index (χ2n) is 2.63. The van der Waals surface area contributed by atoms with Crippen molar-refractivity contribution in [3.63, 3.8) is 0 Å². The highest BCUT2D eigenvalue weighted by Gasteiger charge is 1.96. The van der Waals surface area contributed by atoms with Crippen LogP contribution in [0.5, 0.6) is 0 Å². The van der Waals surface area contributed by atoms with Crippen molar-refractivity contribution in [3.8, 4) is 0 Å². The molecule has 12 heavy (non-hydrogen) atoms. The zero-order chi connectivity index (χ0) is 8.81. The Bertz CT molecular complexity index is 238. The summed E-state index contributed by atoms with van der Waals surface area (Å²) in [7, 11) is 0. The average Bonchev–Trinajstić information content (AvgIpc) is 2.09. The van der Waals surface area contributed by atoms with Crippen LogP contribution in [0, 0.1) is 6.92 Å². The maximum atomic E-state index is 11.7. The molecule has 66 valence electrons. The molecule has 0 bridgehead atoms. The molecule has 0 spiro atoms. The highest BCUT2D eigenvalue weighted by Crippen LogP contribution is 2.01. The second-order valence-corrected chi connectivity index (χ2v) is 2.63. The maximum Gasteiger partial charge on any atom is 0.102 e. The van der Waals surface area contributed by atoms with E-state index in [1.165, 1.54) is 0 Å². The van der Waals surface area contributed by atoms with Crippen LogP contribution in [0.3, 0.4) is 0 Å². The lowest BCUT2D eigenvalue weighted by molar-refractivity contribution is 0.465. The largest absolute Gasteiger partial charge is 0.309 e. The molecule has 0 aliphatic rings. The van der Waals surface area contributed by atoms with E-state index in [4.69, 9.17) is 0 Å². The summed E-state index contributed by atoms with van der Waals surface area (Å²) in [4.78, 5) is 4.17. The van der Waals surface area contributed by atoms with Gasteiger partial charge in [0.1, 0.15) is 6.67 Å². The molecule has 0 radical (unpaired) electrons. The summed E-state index contributed by atoms with van der Waals surface area (Å²) in [6.07, 6.45) is 1.75. The standard InChI is InChI=1S/C9H13FN2/c1-8-3-2-5-12-9(8)7-11-6-4-10/h2-3,5,11H,4,6-7H2,1H3. The SMILES string of the molecule is Cc1cccnc1CNCCF. The van der Waals surface area contributed by atoms with Gasteiger partial charge in [-0.05, 0) is 18.6 Å². The minimum atomic E-state index is -0.327. The second kappa shape index (κ2) is 4.83. The molecule has 0 unspecified atom stereocenters. The van der Waals surface area contributed by atoms with Crippen molar-refractivity contribution in [2.75, 3.05) is 13.2 Å². The van der Waals surface area contributed by atoms with Gasteiger partial charge in [0, 0.05) is 19.3 Å². The lowest BCUT2D eigenvalue weighted by Crippen LogP contribution is -2.17. The van der Waals surface area contributed by atoms with Gasteiger partial charge in [0.25, 0.3) is 0 Å². The topological polar surface area (TPSA) is 24.9 Å². The molecule has 0 fully saturated rings. The number of hydrogen-bond donors (Lipinski definition) is 1. The zero-order valence-corrected chi connectivity index (χ0v) is 7.18. The molecular formula is C9H13FN2. The lowest BCUT2D eigenvalue weighted by atomic mass is 10.2. The van der Waals surface area contributed by atoms with Crippen molar-refractivity contribution in [3.05, 3.63) is 29.6 Å². The monoisotopic (exact) mass is 168 g/mol. The van der Waals surface area contributed by atoms with Crippen LogP contribution in [0.4, 0.5) is 4.39 Å². The third-order valence-corrected chi connectivity index (χ3v) is 1.68. The van der Waals surface area contributed by atoms with Crippen molar-refractivity contribution in [2.24, 2.45) is 0 Å². The summed E-state index contributed by atoms with van der Waals surface area (Å²) in [5.74, 6) is 0. The average molecular weight is 168 g/mol. The minimum absolute atomic E-state index is 0.327. The number of alkyl halides is 1. The molecular weight excluding hydrogens is 155 g/mol. The normalized spacial score (nSPS) is 10.2. The van der Waals surface area contributed by atoms with Gasteiger partial charge in [-0.15, -0.1) is 0 Å². The number of nitrogens with one attached hydrogen (secondary N) is 1. The third-order valence-electron chi connectivity index (χ3n) is 1.68. The van der Waals surface area contributed by atoms with Crippen LogP contribution in [0.2, 0.25) is 0 Å². The van der Waals surface area contributed by atoms with E-state index < -0.39 is 0 Å². The van der Waals surface area contributed by atoms with Gasteiger partial charge in [-0.3, -0.25) is 4.98 Å². The Morgan fingerprint density at radius 2 is 2.42 bits per heavy atom. The molecule has 3 heteroatoms. The Hall–Kier alpha value is -0.960. The number of aromatic nitrogens is 1. The Morgan fingerprint density at radius 1 is 1.58 bits per heavy atom. The van der Waals surface area contributed by atoms with Crippen molar-refractivity contribution in [1.82, 2.24) is 10.3 Å². The van der Waals surface area contributed by atoms with E-state index >= 15 is 0 Å². The number of nitrogens with zero attached hydrogens (tertiary/aromatic N) is 1. The number of aryl methyl sites for hydroxylation is 1. The van der Waals surface area contributed by atoms with Gasteiger partial charge in [0.05, 0.1) is 5.69 Å². The van der Waals surface area contributed by atoms with Gasteiger partial charge in [-0.25, -0.2) is 4.39 Å². The summed E-state index contributed by atoms with van der Waals surface area (Å²) < 4.78 is 11.7. The third kappa shape index (κ3) is 2.58. The summed E-state index contributed by atoms with van der Waals surface area (Å²) in [6, 6.07) is 3.90. The lowest BCUT2D eigenvalue weighted by Gasteiger charge is -2.03.